The van der Waals surface area contributed by atoms with Gasteiger partial charge in [-0.2, -0.15) is 0 Å². The molecule has 0 aliphatic rings. The normalized spacial score (nSPS) is 11.5. The molecule has 0 fully saturated rings. The van der Waals surface area contributed by atoms with Crippen LogP contribution in [-0.4, -0.2) is 8.42 Å². The van der Waals surface area contributed by atoms with Gasteiger partial charge in [-0.05, 0) is 57.0 Å². The number of hydrogen-bond acceptors (Lipinski definition) is 2. The van der Waals surface area contributed by atoms with Gasteiger partial charge in [-0.15, -0.1) is 0 Å². The third-order valence-electron chi connectivity index (χ3n) is 2.68. The van der Waals surface area contributed by atoms with Gasteiger partial charge in [0.05, 0.1) is 15.1 Å². The van der Waals surface area contributed by atoms with E-state index in [0.717, 1.165) is 5.56 Å². The molecule has 0 aliphatic carbocycles. The van der Waals surface area contributed by atoms with E-state index in [-0.39, 0.29) is 20.1 Å². The minimum Gasteiger partial charge on any atom is -0.277 e. The molecule has 2 aromatic rings. The van der Waals surface area contributed by atoms with Gasteiger partial charge in [0, 0.05) is 4.47 Å². The molecular formula is C13H9Br2ClFNO2S. The first kappa shape index (κ1) is 16.7. The van der Waals surface area contributed by atoms with Crippen molar-refractivity contribution in [2.24, 2.45) is 0 Å². The van der Waals surface area contributed by atoms with Crippen molar-refractivity contribution in [3.8, 4) is 0 Å². The Morgan fingerprint density at radius 3 is 2.29 bits per heavy atom. The average Bonchev–Trinajstić information content (AvgIpc) is 2.42. The molecule has 0 heterocycles. The van der Waals surface area contributed by atoms with Gasteiger partial charge in [-0.3, -0.25) is 4.72 Å². The molecule has 0 spiro atoms. The van der Waals surface area contributed by atoms with Crippen LogP contribution in [0.3, 0.4) is 0 Å². The van der Waals surface area contributed by atoms with Crippen molar-refractivity contribution in [1.82, 2.24) is 0 Å². The van der Waals surface area contributed by atoms with Gasteiger partial charge in [0.15, 0.2) is 5.82 Å². The predicted octanol–water partition coefficient (Wildman–Crippen LogP) is 5.11. The zero-order valence-electron chi connectivity index (χ0n) is 10.6. The molecule has 2 aromatic carbocycles. The van der Waals surface area contributed by atoms with Crippen LogP contribution in [0.2, 0.25) is 5.02 Å². The van der Waals surface area contributed by atoms with E-state index >= 15 is 0 Å². The van der Waals surface area contributed by atoms with Crippen LogP contribution in [-0.2, 0) is 10.0 Å². The van der Waals surface area contributed by atoms with Crippen LogP contribution in [0.4, 0.5) is 10.1 Å². The van der Waals surface area contributed by atoms with Gasteiger partial charge in [0.2, 0.25) is 0 Å². The number of anilines is 1. The molecule has 0 unspecified atom stereocenters. The lowest BCUT2D eigenvalue weighted by Gasteiger charge is -2.13. The second kappa shape index (κ2) is 6.24. The smallest absolute Gasteiger partial charge is 0.261 e. The lowest BCUT2D eigenvalue weighted by Crippen LogP contribution is -2.14. The third kappa shape index (κ3) is 3.59. The SMILES string of the molecule is Cc1ccc(S(=O)(=O)Nc2c(Br)cc(Br)c(F)c2Cl)cc1. The fraction of sp³-hybridized carbons (Fsp3) is 0.0769. The van der Waals surface area contributed by atoms with Crippen LogP contribution in [0.15, 0.2) is 44.2 Å². The second-order valence-electron chi connectivity index (χ2n) is 4.26. The highest BCUT2D eigenvalue weighted by molar-refractivity contribution is 9.11. The lowest BCUT2D eigenvalue weighted by molar-refractivity contribution is 0.601. The molecule has 0 radical (unpaired) electrons. The summed E-state index contributed by atoms with van der Waals surface area (Å²) in [5.74, 6) is -0.735. The van der Waals surface area contributed by atoms with Crippen molar-refractivity contribution in [3.05, 3.63) is 55.7 Å². The van der Waals surface area contributed by atoms with E-state index in [4.69, 9.17) is 11.6 Å². The fourth-order valence-electron chi connectivity index (χ4n) is 1.57. The van der Waals surface area contributed by atoms with Gasteiger partial charge < -0.3 is 0 Å². The van der Waals surface area contributed by atoms with Crippen molar-refractivity contribution in [2.45, 2.75) is 11.8 Å². The van der Waals surface area contributed by atoms with E-state index in [0.29, 0.717) is 4.47 Å². The maximum Gasteiger partial charge on any atom is 0.261 e. The number of hydrogen-bond donors (Lipinski definition) is 1. The minimum absolute atomic E-state index is 0.0436. The molecule has 0 amide bonds. The Morgan fingerprint density at radius 2 is 1.71 bits per heavy atom. The zero-order chi connectivity index (χ0) is 15.8. The highest BCUT2D eigenvalue weighted by atomic mass is 79.9. The third-order valence-corrected chi connectivity index (χ3v) is 5.60. The number of benzene rings is 2. The van der Waals surface area contributed by atoms with E-state index in [1.807, 2.05) is 6.92 Å². The first-order valence-corrected chi connectivity index (χ1v) is 9.09. The Morgan fingerprint density at radius 1 is 1.14 bits per heavy atom. The summed E-state index contributed by atoms with van der Waals surface area (Å²) in [7, 11) is -3.85. The highest BCUT2D eigenvalue weighted by Gasteiger charge is 2.21. The maximum atomic E-state index is 13.8. The molecule has 0 atom stereocenters. The van der Waals surface area contributed by atoms with E-state index in [1.165, 1.54) is 18.2 Å². The van der Waals surface area contributed by atoms with Crippen molar-refractivity contribution in [3.63, 3.8) is 0 Å². The van der Waals surface area contributed by atoms with E-state index in [1.54, 1.807) is 12.1 Å². The van der Waals surface area contributed by atoms with Crippen molar-refractivity contribution < 1.29 is 12.8 Å². The molecular weight excluding hydrogens is 448 g/mol. The van der Waals surface area contributed by atoms with Gasteiger partial charge in [-0.1, -0.05) is 29.3 Å². The monoisotopic (exact) mass is 455 g/mol. The first-order valence-electron chi connectivity index (χ1n) is 5.65. The molecule has 0 bridgehead atoms. The molecule has 0 saturated heterocycles. The number of aryl methyl sites for hydroxylation is 1. The molecule has 2 rings (SSSR count). The first-order chi connectivity index (χ1) is 9.72. The maximum absolute atomic E-state index is 13.8. The van der Waals surface area contributed by atoms with E-state index in [2.05, 4.69) is 36.6 Å². The fourth-order valence-corrected chi connectivity index (χ4v) is 4.59. The summed E-state index contributed by atoms with van der Waals surface area (Å²) < 4.78 is 41.1. The Bertz CT molecular complexity index is 795. The number of sulfonamides is 1. The van der Waals surface area contributed by atoms with Crippen molar-refractivity contribution in [2.75, 3.05) is 4.72 Å². The molecule has 0 aromatic heterocycles. The van der Waals surface area contributed by atoms with Gasteiger partial charge in [0.1, 0.15) is 5.02 Å². The molecule has 21 heavy (non-hydrogen) atoms. The second-order valence-corrected chi connectivity index (χ2v) is 8.03. The van der Waals surface area contributed by atoms with Crippen LogP contribution in [0.1, 0.15) is 5.56 Å². The quantitative estimate of drug-likeness (QED) is 0.514. The average molecular weight is 458 g/mol. The summed E-state index contributed by atoms with van der Waals surface area (Å²) in [5.41, 5.74) is 0.890. The van der Waals surface area contributed by atoms with Crippen LogP contribution in [0.5, 0.6) is 0 Å². The van der Waals surface area contributed by atoms with E-state index in [9.17, 15) is 12.8 Å². The Hall–Kier alpha value is -0.630. The number of nitrogens with one attached hydrogen (secondary N) is 1. The Kier molecular flexibility index (Phi) is 4.97. The zero-order valence-corrected chi connectivity index (χ0v) is 15.4. The van der Waals surface area contributed by atoms with Crippen LogP contribution >= 0.6 is 43.5 Å². The topological polar surface area (TPSA) is 46.2 Å². The summed E-state index contributed by atoms with van der Waals surface area (Å²) in [6.07, 6.45) is 0. The van der Waals surface area contributed by atoms with Gasteiger partial charge >= 0.3 is 0 Å². The summed E-state index contributed by atoms with van der Waals surface area (Å²) >= 11 is 12.0. The van der Waals surface area contributed by atoms with Crippen molar-refractivity contribution >= 4 is 59.2 Å². The summed E-state index contributed by atoms with van der Waals surface area (Å²) in [6, 6.07) is 7.67. The molecule has 0 aliphatic heterocycles. The van der Waals surface area contributed by atoms with Gasteiger partial charge in [0.25, 0.3) is 10.0 Å². The largest absolute Gasteiger partial charge is 0.277 e. The Labute approximate surface area is 143 Å². The highest BCUT2D eigenvalue weighted by Crippen LogP contribution is 2.38. The number of halogens is 4. The summed E-state index contributed by atoms with van der Waals surface area (Å²) in [6.45, 7) is 1.85. The van der Waals surface area contributed by atoms with Crippen LogP contribution in [0.25, 0.3) is 0 Å². The summed E-state index contributed by atoms with van der Waals surface area (Å²) in [4.78, 5) is 0.0689. The molecule has 0 saturated carbocycles. The molecule has 3 nitrogen and oxygen atoms in total. The predicted molar refractivity (Wildman–Crippen MR) is 88.8 cm³/mol. The van der Waals surface area contributed by atoms with E-state index < -0.39 is 15.8 Å². The Balaban J connectivity index is 2.47. The van der Waals surface area contributed by atoms with Crippen molar-refractivity contribution in [1.29, 1.82) is 0 Å². The van der Waals surface area contributed by atoms with Gasteiger partial charge in [-0.25, -0.2) is 12.8 Å². The minimum atomic E-state index is -3.85. The molecule has 1 N–H and O–H groups in total. The molecule has 8 heteroatoms. The summed E-state index contributed by atoms with van der Waals surface area (Å²) in [5, 5.41) is -0.313. The van der Waals surface area contributed by atoms with Crippen LogP contribution < -0.4 is 4.72 Å². The van der Waals surface area contributed by atoms with Crippen LogP contribution in [0, 0.1) is 12.7 Å². The molecule has 112 valence electrons. The lowest BCUT2D eigenvalue weighted by atomic mass is 10.2. The number of rotatable bonds is 3. The standard InChI is InChI=1S/C13H9Br2ClFNO2S/c1-7-2-4-8(5-3-7)21(19,20)18-13-10(15)6-9(14)12(17)11(13)16/h2-6,18H,1H3.